The second kappa shape index (κ2) is 6.29. The van der Waals surface area contributed by atoms with E-state index in [1.165, 1.54) is 0 Å². The molecule has 1 amide bonds. The average Bonchev–Trinajstić information content (AvgIpc) is 2.41. The lowest BCUT2D eigenvalue weighted by Gasteiger charge is -2.18. The molecule has 2 rings (SSSR count). The Morgan fingerprint density at radius 1 is 1.20 bits per heavy atom. The summed E-state index contributed by atoms with van der Waals surface area (Å²) in [7, 11) is 3.86. The van der Waals surface area contributed by atoms with Crippen LogP contribution in [-0.2, 0) is 0 Å². The molecule has 0 aliphatic heterocycles. The molecule has 0 atom stereocenters. The highest BCUT2D eigenvalue weighted by Crippen LogP contribution is 2.26. The summed E-state index contributed by atoms with van der Waals surface area (Å²) in [4.78, 5) is 14.3. The molecular weight excluding hydrogens is 340 g/mol. The number of hydrogen-bond donors (Lipinski definition) is 1. The maximum atomic E-state index is 12.3. The highest BCUT2D eigenvalue weighted by molar-refractivity contribution is 9.10. The standard InChI is InChI=1S/C15H14BrClN2O/c1-19(2)14-6-4-3-5-13(14)18-15(20)11-9-10(16)7-8-12(11)17/h3-9H,1-2H3,(H,18,20). The Morgan fingerprint density at radius 3 is 2.60 bits per heavy atom. The number of carbonyl (C=O) groups excluding carboxylic acids is 1. The van der Waals surface area contributed by atoms with Gasteiger partial charge in [-0.05, 0) is 30.3 Å². The van der Waals surface area contributed by atoms with Crippen LogP contribution in [0, 0.1) is 0 Å². The molecule has 0 unspecified atom stereocenters. The molecule has 0 bridgehead atoms. The number of halogens is 2. The van der Waals surface area contributed by atoms with Gasteiger partial charge in [0.2, 0.25) is 0 Å². The fourth-order valence-corrected chi connectivity index (χ4v) is 2.39. The quantitative estimate of drug-likeness (QED) is 0.886. The van der Waals surface area contributed by atoms with Crippen molar-refractivity contribution in [2.45, 2.75) is 0 Å². The van der Waals surface area contributed by atoms with Gasteiger partial charge in [0.1, 0.15) is 0 Å². The van der Waals surface area contributed by atoms with E-state index in [-0.39, 0.29) is 5.91 Å². The van der Waals surface area contributed by atoms with Crippen LogP contribution in [0.2, 0.25) is 5.02 Å². The van der Waals surface area contributed by atoms with Crippen molar-refractivity contribution in [3.63, 3.8) is 0 Å². The third-order valence-corrected chi connectivity index (χ3v) is 3.63. The van der Waals surface area contributed by atoms with Gasteiger partial charge in [-0.2, -0.15) is 0 Å². The van der Waals surface area contributed by atoms with Crippen molar-refractivity contribution in [3.8, 4) is 0 Å². The van der Waals surface area contributed by atoms with Gasteiger partial charge >= 0.3 is 0 Å². The number of anilines is 2. The van der Waals surface area contributed by atoms with E-state index in [1.807, 2.05) is 43.3 Å². The first-order valence-corrected chi connectivity index (χ1v) is 7.19. The number of rotatable bonds is 3. The predicted molar refractivity (Wildman–Crippen MR) is 87.9 cm³/mol. The monoisotopic (exact) mass is 352 g/mol. The van der Waals surface area contributed by atoms with Crippen LogP contribution < -0.4 is 10.2 Å². The van der Waals surface area contributed by atoms with E-state index in [2.05, 4.69) is 21.2 Å². The maximum absolute atomic E-state index is 12.3. The zero-order valence-corrected chi connectivity index (χ0v) is 13.5. The van der Waals surface area contributed by atoms with E-state index in [4.69, 9.17) is 11.6 Å². The third-order valence-electron chi connectivity index (χ3n) is 2.81. The molecule has 0 saturated heterocycles. The highest BCUT2D eigenvalue weighted by Gasteiger charge is 2.13. The lowest BCUT2D eigenvalue weighted by molar-refractivity contribution is 0.102. The minimum Gasteiger partial charge on any atom is -0.376 e. The smallest absolute Gasteiger partial charge is 0.257 e. The largest absolute Gasteiger partial charge is 0.376 e. The minimum atomic E-state index is -0.231. The second-order valence-electron chi connectivity index (χ2n) is 4.49. The van der Waals surface area contributed by atoms with Crippen molar-refractivity contribution in [2.75, 3.05) is 24.3 Å². The van der Waals surface area contributed by atoms with Crippen molar-refractivity contribution in [3.05, 3.63) is 57.5 Å². The normalized spacial score (nSPS) is 10.2. The van der Waals surface area contributed by atoms with Crippen molar-refractivity contribution >= 4 is 44.8 Å². The molecule has 5 heteroatoms. The molecule has 1 N–H and O–H groups in total. The number of hydrogen-bond acceptors (Lipinski definition) is 2. The summed E-state index contributed by atoms with van der Waals surface area (Å²) in [5.74, 6) is -0.231. The van der Waals surface area contributed by atoms with E-state index in [0.717, 1.165) is 15.8 Å². The molecule has 0 heterocycles. The number of nitrogens with zero attached hydrogens (tertiary/aromatic N) is 1. The maximum Gasteiger partial charge on any atom is 0.257 e. The zero-order valence-electron chi connectivity index (χ0n) is 11.2. The Bertz CT molecular complexity index is 644. The fourth-order valence-electron chi connectivity index (χ4n) is 1.83. The Balaban J connectivity index is 2.31. The van der Waals surface area contributed by atoms with E-state index in [1.54, 1.807) is 18.2 Å². The summed E-state index contributed by atoms with van der Waals surface area (Å²) >= 11 is 9.41. The Labute approximate surface area is 131 Å². The van der Waals surface area contributed by atoms with Gasteiger partial charge in [-0.3, -0.25) is 4.79 Å². The van der Waals surface area contributed by atoms with Crippen LogP contribution in [0.15, 0.2) is 46.9 Å². The average molecular weight is 354 g/mol. The molecule has 0 aliphatic carbocycles. The summed E-state index contributed by atoms with van der Waals surface area (Å²) in [6.07, 6.45) is 0. The summed E-state index contributed by atoms with van der Waals surface area (Å²) < 4.78 is 0.813. The number of carbonyl (C=O) groups is 1. The molecule has 0 saturated carbocycles. The molecule has 104 valence electrons. The Hall–Kier alpha value is -1.52. The summed E-state index contributed by atoms with van der Waals surface area (Å²) in [5, 5.41) is 3.31. The van der Waals surface area contributed by atoms with Gasteiger partial charge in [-0.25, -0.2) is 0 Å². The van der Waals surface area contributed by atoms with Crippen molar-refractivity contribution in [1.82, 2.24) is 0 Å². The summed E-state index contributed by atoms with van der Waals surface area (Å²) in [5.41, 5.74) is 2.13. The van der Waals surface area contributed by atoms with Crippen LogP contribution in [0.3, 0.4) is 0 Å². The number of benzene rings is 2. The molecule has 0 radical (unpaired) electrons. The van der Waals surface area contributed by atoms with E-state index in [0.29, 0.717) is 10.6 Å². The number of amides is 1. The first-order valence-electron chi connectivity index (χ1n) is 6.02. The van der Waals surface area contributed by atoms with Gasteiger partial charge in [0.15, 0.2) is 0 Å². The molecule has 0 fully saturated rings. The van der Waals surface area contributed by atoms with Gasteiger partial charge in [0.25, 0.3) is 5.91 Å². The molecule has 2 aromatic rings. The van der Waals surface area contributed by atoms with Crippen LogP contribution in [0.5, 0.6) is 0 Å². The first-order chi connectivity index (χ1) is 9.49. The summed E-state index contributed by atoms with van der Waals surface area (Å²) in [6.45, 7) is 0. The second-order valence-corrected chi connectivity index (χ2v) is 5.81. The molecule has 3 nitrogen and oxygen atoms in total. The van der Waals surface area contributed by atoms with Gasteiger partial charge in [0, 0.05) is 18.6 Å². The SMILES string of the molecule is CN(C)c1ccccc1NC(=O)c1cc(Br)ccc1Cl. The fraction of sp³-hybridized carbons (Fsp3) is 0.133. The van der Waals surface area contributed by atoms with Gasteiger partial charge < -0.3 is 10.2 Å². The van der Waals surface area contributed by atoms with Crippen LogP contribution in [0.1, 0.15) is 10.4 Å². The Kier molecular flexibility index (Phi) is 4.68. The van der Waals surface area contributed by atoms with Gasteiger partial charge in [0.05, 0.1) is 22.0 Å². The number of nitrogens with one attached hydrogen (secondary N) is 1. The highest BCUT2D eigenvalue weighted by atomic mass is 79.9. The molecule has 0 aromatic heterocycles. The lowest BCUT2D eigenvalue weighted by atomic mass is 10.2. The van der Waals surface area contributed by atoms with E-state index < -0.39 is 0 Å². The number of para-hydroxylation sites is 2. The minimum absolute atomic E-state index is 0.231. The van der Waals surface area contributed by atoms with Crippen molar-refractivity contribution in [2.24, 2.45) is 0 Å². The van der Waals surface area contributed by atoms with E-state index in [9.17, 15) is 4.79 Å². The lowest BCUT2D eigenvalue weighted by Crippen LogP contribution is -2.17. The predicted octanol–water partition coefficient (Wildman–Crippen LogP) is 4.42. The first kappa shape index (κ1) is 14.9. The molecule has 2 aromatic carbocycles. The molecule has 0 spiro atoms. The molecular formula is C15H14BrClN2O. The van der Waals surface area contributed by atoms with Gasteiger partial charge in [-0.1, -0.05) is 39.7 Å². The van der Waals surface area contributed by atoms with Crippen LogP contribution in [-0.4, -0.2) is 20.0 Å². The van der Waals surface area contributed by atoms with Gasteiger partial charge in [-0.15, -0.1) is 0 Å². The van der Waals surface area contributed by atoms with Crippen molar-refractivity contribution in [1.29, 1.82) is 0 Å². The van der Waals surface area contributed by atoms with Crippen LogP contribution in [0.25, 0.3) is 0 Å². The van der Waals surface area contributed by atoms with Crippen molar-refractivity contribution < 1.29 is 4.79 Å². The van der Waals surface area contributed by atoms with E-state index >= 15 is 0 Å². The Morgan fingerprint density at radius 2 is 1.90 bits per heavy atom. The van der Waals surface area contributed by atoms with Crippen LogP contribution in [0.4, 0.5) is 11.4 Å². The summed E-state index contributed by atoms with van der Waals surface area (Å²) in [6, 6.07) is 12.8. The topological polar surface area (TPSA) is 32.3 Å². The van der Waals surface area contributed by atoms with Crippen LogP contribution >= 0.6 is 27.5 Å². The zero-order chi connectivity index (χ0) is 14.7. The molecule has 0 aliphatic rings. The third kappa shape index (κ3) is 3.32. The molecule has 20 heavy (non-hydrogen) atoms.